The number of nitro benzene ring substituents is 2. The van der Waals surface area contributed by atoms with Gasteiger partial charge in [0.05, 0.1) is 29.7 Å². The zero-order valence-electron chi connectivity index (χ0n) is 18.1. The molecule has 11 nitrogen and oxygen atoms in total. The summed E-state index contributed by atoms with van der Waals surface area (Å²) in [4.78, 5) is 20.7. The third-order valence-corrected chi connectivity index (χ3v) is 5.37. The molecule has 4 atom stereocenters. The maximum atomic E-state index is 10.8. The van der Waals surface area contributed by atoms with Gasteiger partial charge in [-0.2, -0.15) is 0 Å². The number of non-ortho nitro benzene ring substituents is 2. The Balaban J connectivity index is 1.37. The highest BCUT2D eigenvalue weighted by Gasteiger charge is 2.55. The molecule has 0 N–H and O–H groups in total. The van der Waals surface area contributed by atoms with Crippen LogP contribution in [0.4, 0.5) is 11.4 Å². The van der Waals surface area contributed by atoms with Gasteiger partial charge in [0, 0.05) is 24.3 Å². The minimum absolute atomic E-state index is 0.00908. The van der Waals surface area contributed by atoms with Crippen molar-refractivity contribution in [2.24, 2.45) is 0 Å². The average Bonchev–Trinajstić information content (AvgIpc) is 3.24. The summed E-state index contributed by atoms with van der Waals surface area (Å²) in [6, 6.07) is 12.3. The van der Waals surface area contributed by atoms with Crippen molar-refractivity contribution in [1.29, 1.82) is 0 Å². The number of fused-ring (bicyclic) bond motifs is 1. The molecule has 2 saturated heterocycles. The molecule has 0 radical (unpaired) electrons. The Bertz CT molecular complexity index is 994. The van der Waals surface area contributed by atoms with Gasteiger partial charge in [0.15, 0.2) is 12.1 Å². The third kappa shape index (κ3) is 5.52. The van der Waals surface area contributed by atoms with E-state index >= 15 is 0 Å². The molecule has 2 aromatic rings. The van der Waals surface area contributed by atoms with Crippen LogP contribution in [0.5, 0.6) is 0 Å². The number of benzene rings is 2. The van der Waals surface area contributed by atoms with Crippen LogP contribution in [0, 0.1) is 20.2 Å². The van der Waals surface area contributed by atoms with Gasteiger partial charge >= 0.3 is 0 Å². The fourth-order valence-electron chi connectivity index (χ4n) is 3.80. The predicted octanol–water partition coefficient (Wildman–Crippen LogP) is 3.48. The van der Waals surface area contributed by atoms with Crippen molar-refractivity contribution in [1.82, 2.24) is 0 Å². The van der Waals surface area contributed by atoms with E-state index in [4.69, 9.17) is 23.7 Å². The van der Waals surface area contributed by atoms with Gasteiger partial charge < -0.3 is 23.7 Å². The number of hydrogen-bond acceptors (Lipinski definition) is 9. The Morgan fingerprint density at radius 3 is 1.97 bits per heavy atom. The monoisotopic (exact) mass is 460 g/mol. The molecule has 0 bridgehead atoms. The van der Waals surface area contributed by atoms with Crippen molar-refractivity contribution in [3.63, 3.8) is 0 Å². The van der Waals surface area contributed by atoms with Crippen LogP contribution in [0.2, 0.25) is 0 Å². The van der Waals surface area contributed by atoms with Crippen LogP contribution in [0.1, 0.15) is 25.0 Å². The molecule has 11 heteroatoms. The van der Waals surface area contributed by atoms with Crippen LogP contribution >= 0.6 is 0 Å². The van der Waals surface area contributed by atoms with Crippen LogP contribution in [-0.4, -0.2) is 46.8 Å². The first-order valence-corrected chi connectivity index (χ1v) is 10.4. The van der Waals surface area contributed by atoms with Gasteiger partial charge in [-0.1, -0.05) is 0 Å². The lowest BCUT2D eigenvalue weighted by Gasteiger charge is -2.26. The lowest BCUT2D eigenvalue weighted by Crippen LogP contribution is -2.38. The molecule has 2 aliphatic heterocycles. The summed E-state index contributed by atoms with van der Waals surface area (Å²) < 4.78 is 29.7. The first-order chi connectivity index (χ1) is 15.7. The normalized spacial score (nSPS) is 25.6. The first-order valence-electron chi connectivity index (χ1n) is 10.4. The minimum atomic E-state index is -0.811. The van der Waals surface area contributed by atoms with Crippen LogP contribution in [0.25, 0.3) is 0 Å². The van der Waals surface area contributed by atoms with Gasteiger partial charge in [0.1, 0.15) is 18.3 Å². The second-order valence-corrected chi connectivity index (χ2v) is 8.28. The highest BCUT2D eigenvalue weighted by Crippen LogP contribution is 2.39. The minimum Gasteiger partial charge on any atom is -0.374 e. The number of nitrogens with zero attached hydrogens (tertiary/aromatic N) is 2. The topological polar surface area (TPSA) is 132 Å². The molecule has 0 aliphatic carbocycles. The van der Waals surface area contributed by atoms with E-state index in [2.05, 4.69) is 0 Å². The highest BCUT2D eigenvalue weighted by molar-refractivity contribution is 5.33. The molecule has 0 amide bonds. The van der Waals surface area contributed by atoms with Crippen molar-refractivity contribution in [3.05, 3.63) is 79.9 Å². The summed E-state index contributed by atoms with van der Waals surface area (Å²) >= 11 is 0. The molecule has 2 fully saturated rings. The molecule has 33 heavy (non-hydrogen) atoms. The van der Waals surface area contributed by atoms with Gasteiger partial charge in [-0.05, 0) is 49.2 Å². The second kappa shape index (κ2) is 9.49. The Labute approximate surface area is 189 Å². The van der Waals surface area contributed by atoms with Crippen LogP contribution in [0.3, 0.4) is 0 Å². The molecular weight excluding hydrogens is 436 g/mol. The Kier molecular flexibility index (Phi) is 6.68. The summed E-state index contributed by atoms with van der Waals surface area (Å²) in [7, 11) is 0. The molecule has 2 aromatic carbocycles. The van der Waals surface area contributed by atoms with Crippen molar-refractivity contribution < 1.29 is 33.5 Å². The third-order valence-electron chi connectivity index (χ3n) is 5.37. The van der Waals surface area contributed by atoms with Crippen molar-refractivity contribution >= 4 is 11.4 Å². The van der Waals surface area contributed by atoms with Gasteiger partial charge in [-0.15, -0.1) is 0 Å². The molecule has 176 valence electrons. The molecule has 0 spiro atoms. The van der Waals surface area contributed by atoms with Gasteiger partial charge in [-0.3, -0.25) is 20.2 Å². The maximum absolute atomic E-state index is 10.8. The van der Waals surface area contributed by atoms with E-state index < -0.39 is 40.2 Å². The molecule has 0 saturated carbocycles. The second-order valence-electron chi connectivity index (χ2n) is 8.28. The molecule has 4 rings (SSSR count). The van der Waals surface area contributed by atoms with E-state index in [-0.39, 0.29) is 31.2 Å². The zero-order valence-corrected chi connectivity index (χ0v) is 18.1. The SMILES string of the molecule is CC1(C)O[C@H]2O[C@H](COCc3ccc([N+](=O)[O-])cc3)[C@@H](OCc3ccc([N+](=O)[O-])cc3)[C@H]2O1. The summed E-state index contributed by atoms with van der Waals surface area (Å²) in [5, 5.41) is 21.6. The van der Waals surface area contributed by atoms with Gasteiger partial charge in [-0.25, -0.2) is 0 Å². The summed E-state index contributed by atoms with van der Waals surface area (Å²) in [5.74, 6) is -0.811. The van der Waals surface area contributed by atoms with E-state index in [1.54, 1.807) is 38.1 Å². The Morgan fingerprint density at radius 1 is 0.879 bits per heavy atom. The van der Waals surface area contributed by atoms with E-state index in [1.165, 1.54) is 24.3 Å². The lowest BCUT2D eigenvalue weighted by atomic mass is 10.1. The molecule has 0 aromatic heterocycles. The summed E-state index contributed by atoms with van der Waals surface area (Å²) in [6.45, 7) is 4.24. The van der Waals surface area contributed by atoms with Crippen molar-refractivity contribution in [3.8, 4) is 0 Å². The lowest BCUT2D eigenvalue weighted by molar-refractivity contribution is -0.385. The van der Waals surface area contributed by atoms with Gasteiger partial charge in [0.2, 0.25) is 0 Å². The molecule has 0 unspecified atom stereocenters. The molecule has 2 aliphatic rings. The summed E-state index contributed by atoms with van der Waals surface area (Å²) in [6.07, 6.45) is -2.00. The standard InChI is InChI=1S/C22H24N2O9/c1-22(2)32-20-19(30-12-15-5-9-17(10-6-15)24(27)28)18(31-21(20)33-22)13-29-11-14-3-7-16(8-4-14)23(25)26/h3-10,18-21H,11-13H2,1-2H3/t18-,19-,20-,21-/m1/s1. The number of nitro groups is 2. The summed E-state index contributed by atoms with van der Waals surface area (Å²) in [5.41, 5.74) is 1.58. The Hall–Kier alpha value is -2.96. The van der Waals surface area contributed by atoms with Gasteiger partial charge in [0.25, 0.3) is 11.4 Å². The largest absolute Gasteiger partial charge is 0.374 e. The zero-order chi connectivity index (χ0) is 23.6. The first kappa shape index (κ1) is 23.2. The quantitative estimate of drug-likeness (QED) is 0.407. The van der Waals surface area contributed by atoms with Crippen LogP contribution < -0.4 is 0 Å². The van der Waals surface area contributed by atoms with Crippen molar-refractivity contribution in [2.75, 3.05) is 6.61 Å². The smallest absolute Gasteiger partial charge is 0.269 e. The van der Waals surface area contributed by atoms with Crippen LogP contribution in [-0.2, 0) is 36.9 Å². The van der Waals surface area contributed by atoms with Crippen LogP contribution in [0.15, 0.2) is 48.5 Å². The highest BCUT2D eigenvalue weighted by atomic mass is 16.8. The van der Waals surface area contributed by atoms with Crippen molar-refractivity contribution in [2.45, 2.75) is 57.5 Å². The molecule has 2 heterocycles. The van der Waals surface area contributed by atoms with E-state index in [9.17, 15) is 20.2 Å². The number of ether oxygens (including phenoxy) is 5. The fourth-order valence-corrected chi connectivity index (χ4v) is 3.80. The fraction of sp³-hybridized carbons (Fsp3) is 0.455. The van der Waals surface area contributed by atoms with E-state index in [0.717, 1.165) is 11.1 Å². The maximum Gasteiger partial charge on any atom is 0.269 e. The number of rotatable bonds is 9. The molecular formula is C22H24N2O9. The average molecular weight is 460 g/mol. The van der Waals surface area contributed by atoms with E-state index in [1.807, 2.05) is 0 Å². The van der Waals surface area contributed by atoms with E-state index in [0.29, 0.717) is 0 Å². The number of hydrogen-bond donors (Lipinski definition) is 0. The Morgan fingerprint density at radius 2 is 1.42 bits per heavy atom. The predicted molar refractivity (Wildman–Crippen MR) is 113 cm³/mol.